The Bertz CT molecular complexity index is 560. The molecule has 18 heavy (non-hydrogen) atoms. The Morgan fingerprint density at radius 2 is 2.11 bits per heavy atom. The molecule has 98 valence electrons. The molecule has 0 amide bonds. The minimum Gasteiger partial charge on any atom is -0.382 e. The molecule has 2 aromatic rings. The number of rotatable bonds is 4. The van der Waals surface area contributed by atoms with Crippen LogP contribution in [-0.2, 0) is 16.2 Å². The SMILES string of the molecule is COCC(C)(C)n1c(CCl)nc2ccc(C)cc21. The number of ether oxygens (including phenoxy) is 1. The number of fused-ring (bicyclic) bond motifs is 1. The lowest BCUT2D eigenvalue weighted by Gasteiger charge is -2.28. The standard InChI is InChI=1S/C14H19ClN2O/c1-10-5-6-11-12(7-10)17(13(8-15)16-11)14(2,3)9-18-4/h5-7H,8-9H2,1-4H3. The maximum Gasteiger partial charge on any atom is 0.125 e. The highest BCUT2D eigenvalue weighted by atomic mass is 35.5. The topological polar surface area (TPSA) is 27.1 Å². The molecule has 1 aromatic heterocycles. The number of halogens is 1. The molecule has 1 heterocycles. The fourth-order valence-electron chi connectivity index (χ4n) is 2.42. The van der Waals surface area contributed by atoms with Gasteiger partial charge in [-0.05, 0) is 38.5 Å². The molecule has 4 heteroatoms. The zero-order valence-electron chi connectivity index (χ0n) is 11.3. The minimum atomic E-state index is -0.165. The van der Waals surface area contributed by atoms with E-state index in [4.69, 9.17) is 16.3 Å². The fraction of sp³-hybridized carbons (Fsp3) is 0.500. The van der Waals surface area contributed by atoms with Crippen molar-refractivity contribution in [2.24, 2.45) is 0 Å². The Morgan fingerprint density at radius 1 is 1.39 bits per heavy atom. The average molecular weight is 267 g/mol. The second-order valence-corrected chi connectivity index (χ2v) is 5.50. The van der Waals surface area contributed by atoms with Crippen molar-refractivity contribution in [3.8, 4) is 0 Å². The molecular weight excluding hydrogens is 248 g/mol. The van der Waals surface area contributed by atoms with E-state index in [1.54, 1.807) is 7.11 Å². The monoisotopic (exact) mass is 266 g/mol. The van der Waals surface area contributed by atoms with E-state index in [9.17, 15) is 0 Å². The summed E-state index contributed by atoms with van der Waals surface area (Å²) in [5.74, 6) is 1.29. The normalized spacial score (nSPS) is 12.3. The molecule has 0 N–H and O–H groups in total. The zero-order valence-corrected chi connectivity index (χ0v) is 12.1. The van der Waals surface area contributed by atoms with Crippen molar-refractivity contribution in [1.82, 2.24) is 9.55 Å². The molecular formula is C14H19ClN2O. The summed E-state index contributed by atoms with van der Waals surface area (Å²) in [5, 5.41) is 0. The molecule has 0 spiro atoms. The van der Waals surface area contributed by atoms with Gasteiger partial charge in [-0.2, -0.15) is 0 Å². The van der Waals surface area contributed by atoms with Gasteiger partial charge in [0.1, 0.15) is 5.82 Å². The third-order valence-corrected chi connectivity index (χ3v) is 3.34. The van der Waals surface area contributed by atoms with Crippen LogP contribution >= 0.6 is 11.6 Å². The number of aryl methyl sites for hydroxylation is 1. The lowest BCUT2D eigenvalue weighted by Crippen LogP contribution is -2.32. The first-order chi connectivity index (χ1) is 8.49. The molecule has 0 aliphatic heterocycles. The third kappa shape index (κ3) is 2.25. The van der Waals surface area contributed by atoms with Gasteiger partial charge < -0.3 is 9.30 Å². The third-order valence-electron chi connectivity index (χ3n) is 3.10. The predicted octanol–water partition coefficient (Wildman–Crippen LogP) is 3.47. The highest BCUT2D eigenvalue weighted by molar-refractivity contribution is 6.16. The molecule has 0 saturated carbocycles. The molecule has 0 unspecified atom stereocenters. The van der Waals surface area contributed by atoms with Gasteiger partial charge in [0.05, 0.1) is 29.1 Å². The van der Waals surface area contributed by atoms with Crippen LogP contribution in [0.5, 0.6) is 0 Å². The van der Waals surface area contributed by atoms with Gasteiger partial charge in [0, 0.05) is 7.11 Å². The molecule has 1 aromatic carbocycles. The Kier molecular flexibility index (Phi) is 3.64. The molecule has 0 aliphatic carbocycles. The lowest BCUT2D eigenvalue weighted by molar-refractivity contribution is 0.110. The number of nitrogens with zero attached hydrogens (tertiary/aromatic N) is 2. The van der Waals surface area contributed by atoms with Crippen LogP contribution in [0.1, 0.15) is 25.2 Å². The van der Waals surface area contributed by atoms with Crippen LogP contribution in [0.25, 0.3) is 11.0 Å². The number of aromatic nitrogens is 2. The number of hydrogen-bond donors (Lipinski definition) is 0. The van der Waals surface area contributed by atoms with Crippen molar-refractivity contribution in [2.45, 2.75) is 32.2 Å². The summed E-state index contributed by atoms with van der Waals surface area (Å²) in [6, 6.07) is 6.26. The molecule has 0 radical (unpaired) electrons. The highest BCUT2D eigenvalue weighted by Gasteiger charge is 2.25. The Morgan fingerprint density at radius 3 is 2.72 bits per heavy atom. The van der Waals surface area contributed by atoms with Gasteiger partial charge in [-0.1, -0.05) is 6.07 Å². The van der Waals surface area contributed by atoms with Gasteiger partial charge in [-0.3, -0.25) is 0 Å². The smallest absolute Gasteiger partial charge is 0.125 e. The number of hydrogen-bond acceptors (Lipinski definition) is 2. The summed E-state index contributed by atoms with van der Waals surface area (Å²) in [4.78, 5) is 4.60. The van der Waals surface area contributed by atoms with E-state index < -0.39 is 0 Å². The predicted molar refractivity (Wildman–Crippen MR) is 75.2 cm³/mol. The van der Waals surface area contributed by atoms with Gasteiger partial charge in [0.2, 0.25) is 0 Å². The zero-order chi connectivity index (χ0) is 13.3. The first-order valence-electron chi connectivity index (χ1n) is 6.03. The van der Waals surface area contributed by atoms with E-state index in [-0.39, 0.29) is 5.54 Å². The van der Waals surface area contributed by atoms with E-state index in [1.165, 1.54) is 5.56 Å². The van der Waals surface area contributed by atoms with Crippen LogP contribution < -0.4 is 0 Å². The maximum absolute atomic E-state index is 6.03. The number of imidazole rings is 1. The summed E-state index contributed by atoms with van der Waals surface area (Å²) in [6.45, 7) is 6.97. The fourth-order valence-corrected chi connectivity index (χ4v) is 2.60. The molecule has 0 atom stereocenters. The number of methoxy groups -OCH3 is 1. The van der Waals surface area contributed by atoms with Gasteiger partial charge in [0.15, 0.2) is 0 Å². The highest BCUT2D eigenvalue weighted by Crippen LogP contribution is 2.27. The van der Waals surface area contributed by atoms with Crippen molar-refractivity contribution < 1.29 is 4.74 Å². The Labute approximate surface area is 113 Å². The van der Waals surface area contributed by atoms with Gasteiger partial charge in [-0.25, -0.2) is 4.98 Å². The molecule has 0 aliphatic rings. The molecule has 2 rings (SSSR count). The van der Waals surface area contributed by atoms with Crippen LogP contribution in [0.3, 0.4) is 0 Å². The second kappa shape index (κ2) is 4.90. The summed E-state index contributed by atoms with van der Waals surface area (Å²) in [6.07, 6.45) is 0. The molecule has 0 fully saturated rings. The van der Waals surface area contributed by atoms with Gasteiger partial charge in [-0.15, -0.1) is 11.6 Å². The van der Waals surface area contributed by atoms with Crippen molar-refractivity contribution >= 4 is 22.6 Å². The molecule has 3 nitrogen and oxygen atoms in total. The minimum absolute atomic E-state index is 0.165. The van der Waals surface area contributed by atoms with Gasteiger partial charge >= 0.3 is 0 Å². The summed E-state index contributed by atoms with van der Waals surface area (Å²) in [5.41, 5.74) is 3.16. The van der Waals surface area contributed by atoms with Crippen LogP contribution in [0, 0.1) is 6.92 Å². The Balaban J connectivity index is 2.69. The largest absolute Gasteiger partial charge is 0.382 e. The van der Waals surface area contributed by atoms with Crippen LogP contribution in [0.2, 0.25) is 0 Å². The van der Waals surface area contributed by atoms with Crippen LogP contribution in [0.15, 0.2) is 18.2 Å². The lowest BCUT2D eigenvalue weighted by atomic mass is 10.1. The van der Waals surface area contributed by atoms with E-state index in [0.29, 0.717) is 12.5 Å². The average Bonchev–Trinajstić information content (AvgIpc) is 2.67. The molecule has 0 saturated heterocycles. The summed E-state index contributed by atoms with van der Waals surface area (Å²) in [7, 11) is 1.71. The van der Waals surface area contributed by atoms with E-state index in [1.807, 2.05) is 6.07 Å². The second-order valence-electron chi connectivity index (χ2n) is 5.23. The van der Waals surface area contributed by atoms with Crippen molar-refractivity contribution in [3.05, 3.63) is 29.6 Å². The van der Waals surface area contributed by atoms with E-state index in [2.05, 4.69) is 42.5 Å². The van der Waals surface area contributed by atoms with E-state index >= 15 is 0 Å². The van der Waals surface area contributed by atoms with E-state index in [0.717, 1.165) is 16.9 Å². The Hall–Kier alpha value is -1.06. The quantitative estimate of drug-likeness (QED) is 0.793. The van der Waals surface area contributed by atoms with Crippen molar-refractivity contribution in [1.29, 1.82) is 0 Å². The molecule has 0 bridgehead atoms. The van der Waals surface area contributed by atoms with Crippen molar-refractivity contribution in [3.63, 3.8) is 0 Å². The first-order valence-corrected chi connectivity index (χ1v) is 6.56. The summed E-state index contributed by atoms with van der Waals surface area (Å²) < 4.78 is 7.50. The first kappa shape index (κ1) is 13.4. The van der Waals surface area contributed by atoms with Gasteiger partial charge in [0.25, 0.3) is 0 Å². The number of benzene rings is 1. The maximum atomic E-state index is 6.03. The van der Waals surface area contributed by atoms with Crippen LogP contribution in [0.4, 0.5) is 0 Å². The number of alkyl halides is 1. The van der Waals surface area contributed by atoms with Crippen LogP contribution in [-0.4, -0.2) is 23.3 Å². The summed E-state index contributed by atoms with van der Waals surface area (Å²) >= 11 is 6.03. The van der Waals surface area contributed by atoms with Crippen molar-refractivity contribution in [2.75, 3.05) is 13.7 Å².